The van der Waals surface area contributed by atoms with E-state index in [1.54, 1.807) is 18.0 Å². The Balaban J connectivity index is 2.09. The molecule has 0 unspecified atom stereocenters. The third-order valence-electron chi connectivity index (χ3n) is 3.88. The topological polar surface area (TPSA) is 76.3 Å². The van der Waals surface area contributed by atoms with Gasteiger partial charge < -0.3 is 14.7 Å². The molecule has 7 nitrogen and oxygen atoms in total. The van der Waals surface area contributed by atoms with E-state index in [4.69, 9.17) is 4.74 Å². The standard InChI is InChI=1S/C13H19N5O2/c1-8-15-12-11(5-14-17(12)2)13(16-8)18-6-10(20-3)4-9(18)7-19/h5,9-10,19H,4,6-7H2,1-3H3/t9-,10+/m0/s1. The van der Waals surface area contributed by atoms with Gasteiger partial charge in [0.15, 0.2) is 5.65 Å². The van der Waals surface area contributed by atoms with Crippen molar-refractivity contribution in [2.75, 3.05) is 25.2 Å². The van der Waals surface area contributed by atoms with E-state index < -0.39 is 0 Å². The van der Waals surface area contributed by atoms with E-state index in [-0.39, 0.29) is 18.8 Å². The number of aryl methyl sites for hydroxylation is 2. The van der Waals surface area contributed by atoms with Crippen molar-refractivity contribution in [1.82, 2.24) is 19.7 Å². The van der Waals surface area contributed by atoms with Gasteiger partial charge in [-0.05, 0) is 13.3 Å². The molecule has 0 amide bonds. The highest BCUT2D eigenvalue weighted by Crippen LogP contribution is 2.30. The van der Waals surface area contributed by atoms with Crippen LogP contribution in [-0.2, 0) is 11.8 Å². The highest BCUT2D eigenvalue weighted by atomic mass is 16.5. The minimum atomic E-state index is 0.0256. The van der Waals surface area contributed by atoms with E-state index in [1.165, 1.54) is 0 Å². The maximum atomic E-state index is 9.60. The largest absolute Gasteiger partial charge is 0.394 e. The number of fused-ring (bicyclic) bond motifs is 1. The van der Waals surface area contributed by atoms with Crippen LogP contribution >= 0.6 is 0 Å². The van der Waals surface area contributed by atoms with Crippen molar-refractivity contribution in [3.05, 3.63) is 12.0 Å². The van der Waals surface area contributed by atoms with Gasteiger partial charge in [-0.25, -0.2) is 9.97 Å². The Morgan fingerprint density at radius 2 is 2.25 bits per heavy atom. The Morgan fingerprint density at radius 3 is 2.95 bits per heavy atom. The average Bonchev–Trinajstić information content (AvgIpc) is 3.02. The van der Waals surface area contributed by atoms with Crippen LogP contribution in [0.25, 0.3) is 11.0 Å². The van der Waals surface area contributed by atoms with Gasteiger partial charge in [-0.1, -0.05) is 0 Å². The molecule has 1 aliphatic heterocycles. The van der Waals surface area contributed by atoms with E-state index in [9.17, 15) is 5.11 Å². The zero-order valence-corrected chi connectivity index (χ0v) is 11.9. The molecule has 1 saturated heterocycles. The molecule has 2 atom stereocenters. The summed E-state index contributed by atoms with van der Waals surface area (Å²) in [6.07, 6.45) is 2.70. The number of hydrogen-bond donors (Lipinski definition) is 1. The fourth-order valence-electron chi connectivity index (χ4n) is 2.81. The number of rotatable bonds is 3. The Morgan fingerprint density at radius 1 is 1.45 bits per heavy atom. The molecule has 0 radical (unpaired) electrons. The van der Waals surface area contributed by atoms with Gasteiger partial charge in [0.25, 0.3) is 0 Å². The molecule has 108 valence electrons. The summed E-state index contributed by atoms with van der Waals surface area (Å²) in [6.45, 7) is 2.68. The summed E-state index contributed by atoms with van der Waals surface area (Å²) < 4.78 is 7.17. The summed E-state index contributed by atoms with van der Waals surface area (Å²) in [5, 5.41) is 14.8. The second-order valence-electron chi connectivity index (χ2n) is 5.18. The molecule has 7 heteroatoms. The first kappa shape index (κ1) is 13.3. The normalized spacial score (nSPS) is 22.9. The lowest BCUT2D eigenvalue weighted by molar-refractivity contribution is 0.115. The maximum absolute atomic E-state index is 9.60. The fraction of sp³-hybridized carbons (Fsp3) is 0.615. The molecule has 1 N–H and O–H groups in total. The molecule has 0 aliphatic carbocycles. The summed E-state index contributed by atoms with van der Waals surface area (Å²) in [5.74, 6) is 1.54. The molecule has 3 heterocycles. The van der Waals surface area contributed by atoms with Crippen molar-refractivity contribution < 1.29 is 9.84 Å². The number of aliphatic hydroxyl groups excluding tert-OH is 1. The Hall–Kier alpha value is -1.73. The number of ether oxygens (including phenoxy) is 1. The molecule has 0 spiro atoms. The molecular formula is C13H19N5O2. The first-order valence-electron chi connectivity index (χ1n) is 6.70. The number of anilines is 1. The van der Waals surface area contributed by atoms with Crippen LogP contribution in [-0.4, -0.2) is 57.3 Å². The number of aliphatic hydroxyl groups is 1. The smallest absolute Gasteiger partial charge is 0.163 e. The van der Waals surface area contributed by atoms with Gasteiger partial charge >= 0.3 is 0 Å². The fourth-order valence-corrected chi connectivity index (χ4v) is 2.81. The minimum absolute atomic E-state index is 0.0256. The molecule has 0 saturated carbocycles. The molecule has 1 aliphatic rings. The van der Waals surface area contributed by atoms with Crippen molar-refractivity contribution >= 4 is 16.9 Å². The molecular weight excluding hydrogens is 258 g/mol. The molecule has 3 rings (SSSR count). The van der Waals surface area contributed by atoms with Gasteiger partial charge in [-0.2, -0.15) is 5.10 Å². The third-order valence-corrected chi connectivity index (χ3v) is 3.88. The lowest BCUT2D eigenvalue weighted by atomic mass is 10.2. The first-order chi connectivity index (χ1) is 9.63. The molecule has 2 aromatic rings. The van der Waals surface area contributed by atoms with Crippen molar-refractivity contribution in [2.45, 2.75) is 25.5 Å². The van der Waals surface area contributed by atoms with Gasteiger partial charge in [0, 0.05) is 20.7 Å². The van der Waals surface area contributed by atoms with Crippen molar-refractivity contribution in [3.8, 4) is 0 Å². The molecule has 0 bridgehead atoms. The average molecular weight is 277 g/mol. The van der Waals surface area contributed by atoms with E-state index in [1.807, 2.05) is 14.0 Å². The Labute approximate surface area is 117 Å². The summed E-state index contributed by atoms with van der Waals surface area (Å²) in [5.41, 5.74) is 0.810. The highest BCUT2D eigenvalue weighted by molar-refractivity contribution is 5.87. The van der Waals surface area contributed by atoms with Crippen LogP contribution in [0.5, 0.6) is 0 Å². The lowest BCUT2D eigenvalue weighted by Crippen LogP contribution is -2.33. The van der Waals surface area contributed by atoms with Crippen LogP contribution in [0.15, 0.2) is 6.20 Å². The van der Waals surface area contributed by atoms with Gasteiger partial charge in [-0.15, -0.1) is 0 Å². The number of nitrogens with zero attached hydrogens (tertiary/aromatic N) is 5. The zero-order chi connectivity index (χ0) is 14.3. The molecule has 2 aromatic heterocycles. The van der Waals surface area contributed by atoms with Crippen LogP contribution in [0.3, 0.4) is 0 Å². The monoisotopic (exact) mass is 277 g/mol. The van der Waals surface area contributed by atoms with Crippen molar-refractivity contribution in [1.29, 1.82) is 0 Å². The van der Waals surface area contributed by atoms with Gasteiger partial charge in [0.1, 0.15) is 11.6 Å². The van der Waals surface area contributed by atoms with Crippen LogP contribution in [0, 0.1) is 6.92 Å². The highest BCUT2D eigenvalue weighted by Gasteiger charge is 2.34. The third kappa shape index (κ3) is 2.03. The lowest BCUT2D eigenvalue weighted by Gasteiger charge is -2.24. The second-order valence-corrected chi connectivity index (χ2v) is 5.18. The summed E-state index contributed by atoms with van der Waals surface area (Å²) in [4.78, 5) is 11.1. The quantitative estimate of drug-likeness (QED) is 0.867. The Bertz CT molecular complexity index is 626. The van der Waals surface area contributed by atoms with Gasteiger partial charge in [0.05, 0.1) is 30.3 Å². The number of hydrogen-bond acceptors (Lipinski definition) is 6. The van der Waals surface area contributed by atoms with Crippen LogP contribution < -0.4 is 4.90 Å². The summed E-state index contributed by atoms with van der Waals surface area (Å²) >= 11 is 0. The van der Waals surface area contributed by atoms with Gasteiger partial charge in [-0.3, -0.25) is 4.68 Å². The molecule has 20 heavy (non-hydrogen) atoms. The van der Waals surface area contributed by atoms with Crippen molar-refractivity contribution in [3.63, 3.8) is 0 Å². The van der Waals surface area contributed by atoms with Crippen LogP contribution in [0.4, 0.5) is 5.82 Å². The first-order valence-corrected chi connectivity index (χ1v) is 6.70. The predicted molar refractivity (Wildman–Crippen MR) is 74.7 cm³/mol. The van der Waals surface area contributed by atoms with Crippen LogP contribution in [0.1, 0.15) is 12.2 Å². The van der Waals surface area contributed by atoms with Crippen molar-refractivity contribution in [2.24, 2.45) is 7.05 Å². The van der Waals surface area contributed by atoms with Crippen LogP contribution in [0.2, 0.25) is 0 Å². The summed E-state index contributed by atoms with van der Waals surface area (Å²) in [6, 6.07) is 0.0256. The van der Waals surface area contributed by atoms with E-state index in [2.05, 4.69) is 20.0 Å². The SMILES string of the molecule is CO[C@@H]1C[C@@H](CO)N(c2nc(C)nc3c2cnn3C)C1. The Kier molecular flexibility index (Phi) is 3.31. The predicted octanol–water partition coefficient (Wildman–Crippen LogP) is 0.258. The minimum Gasteiger partial charge on any atom is -0.394 e. The van der Waals surface area contributed by atoms with Gasteiger partial charge in [0.2, 0.25) is 0 Å². The summed E-state index contributed by atoms with van der Waals surface area (Å²) in [7, 11) is 3.57. The molecule has 0 aromatic carbocycles. The second kappa shape index (κ2) is 4.99. The zero-order valence-electron chi connectivity index (χ0n) is 11.9. The number of aromatic nitrogens is 4. The van der Waals surface area contributed by atoms with E-state index in [0.29, 0.717) is 5.82 Å². The molecule has 1 fully saturated rings. The maximum Gasteiger partial charge on any atom is 0.163 e. The number of methoxy groups -OCH3 is 1. The van der Waals surface area contributed by atoms with E-state index >= 15 is 0 Å². The van der Waals surface area contributed by atoms with E-state index in [0.717, 1.165) is 29.8 Å².